The van der Waals surface area contributed by atoms with Gasteiger partial charge in [-0.05, 0) is 37.6 Å². The van der Waals surface area contributed by atoms with E-state index in [1.54, 1.807) is 0 Å². The minimum Gasteiger partial charge on any atom is -0.325 e. The summed E-state index contributed by atoms with van der Waals surface area (Å²) in [7, 11) is 0. The van der Waals surface area contributed by atoms with Gasteiger partial charge in [0.15, 0.2) is 0 Å². The Labute approximate surface area is 125 Å². The summed E-state index contributed by atoms with van der Waals surface area (Å²) < 4.78 is 38.3. The highest BCUT2D eigenvalue weighted by molar-refractivity contribution is 6.31. The van der Waals surface area contributed by atoms with Crippen LogP contribution >= 0.6 is 11.6 Å². The number of nitrogens with one attached hydrogen (secondary N) is 2. The Morgan fingerprint density at radius 2 is 2.05 bits per heavy atom. The van der Waals surface area contributed by atoms with E-state index in [-0.39, 0.29) is 22.7 Å². The number of benzene rings is 1. The normalized spacial score (nSPS) is 19.9. The van der Waals surface area contributed by atoms with Crippen molar-refractivity contribution in [2.45, 2.75) is 37.9 Å². The summed E-state index contributed by atoms with van der Waals surface area (Å²) in [6.45, 7) is 0.743. The Bertz CT molecular complexity index is 511. The van der Waals surface area contributed by atoms with Gasteiger partial charge in [-0.1, -0.05) is 24.4 Å². The van der Waals surface area contributed by atoms with Crippen LogP contribution in [0.4, 0.5) is 18.9 Å². The Kier molecular flexibility index (Phi) is 5.11. The van der Waals surface area contributed by atoms with Gasteiger partial charge in [0, 0.05) is 5.69 Å². The fourth-order valence-corrected chi connectivity index (χ4v) is 2.53. The average Bonchev–Trinajstić information content (AvgIpc) is 2.68. The molecule has 1 aromatic carbocycles. The summed E-state index contributed by atoms with van der Waals surface area (Å²) in [5, 5.41) is 5.24. The molecule has 0 bridgehead atoms. The van der Waals surface area contributed by atoms with Crippen LogP contribution in [-0.2, 0) is 11.0 Å². The molecule has 3 nitrogen and oxygen atoms in total. The molecule has 0 spiro atoms. The molecule has 1 aliphatic rings. The van der Waals surface area contributed by atoms with Crippen molar-refractivity contribution in [2.24, 2.45) is 0 Å². The highest BCUT2D eigenvalue weighted by Gasteiger charge is 2.33. The van der Waals surface area contributed by atoms with Crippen molar-refractivity contribution in [3.05, 3.63) is 28.8 Å². The Morgan fingerprint density at radius 1 is 1.29 bits per heavy atom. The van der Waals surface area contributed by atoms with Gasteiger partial charge in [0.2, 0.25) is 5.91 Å². The molecule has 1 saturated heterocycles. The molecule has 1 heterocycles. The lowest BCUT2D eigenvalue weighted by Gasteiger charge is -2.17. The SMILES string of the molecule is O=C(Nc1ccc(Cl)c(C(F)(F)F)c1)C1CCCCCN1. The van der Waals surface area contributed by atoms with Gasteiger partial charge in [-0.2, -0.15) is 13.2 Å². The van der Waals surface area contributed by atoms with Gasteiger partial charge in [0.05, 0.1) is 16.6 Å². The van der Waals surface area contributed by atoms with Gasteiger partial charge < -0.3 is 10.6 Å². The number of hydrogen-bond acceptors (Lipinski definition) is 2. The predicted octanol–water partition coefficient (Wildman–Crippen LogP) is 3.83. The zero-order valence-corrected chi connectivity index (χ0v) is 12.0. The lowest BCUT2D eigenvalue weighted by atomic mass is 10.1. The van der Waals surface area contributed by atoms with E-state index in [4.69, 9.17) is 11.6 Å². The van der Waals surface area contributed by atoms with Crippen LogP contribution < -0.4 is 10.6 Å². The zero-order chi connectivity index (χ0) is 15.5. The first-order valence-corrected chi connectivity index (χ1v) is 7.17. The van der Waals surface area contributed by atoms with E-state index < -0.39 is 11.7 Å². The number of rotatable bonds is 2. The van der Waals surface area contributed by atoms with Crippen molar-refractivity contribution in [1.29, 1.82) is 0 Å². The number of carbonyl (C=O) groups excluding carboxylic acids is 1. The van der Waals surface area contributed by atoms with Crippen LogP contribution in [0, 0.1) is 0 Å². The fourth-order valence-electron chi connectivity index (χ4n) is 2.30. The van der Waals surface area contributed by atoms with E-state index in [9.17, 15) is 18.0 Å². The molecule has 7 heteroatoms. The first kappa shape index (κ1) is 16.1. The van der Waals surface area contributed by atoms with Gasteiger partial charge in [-0.25, -0.2) is 0 Å². The Balaban J connectivity index is 2.10. The second-order valence-electron chi connectivity index (χ2n) is 5.04. The van der Waals surface area contributed by atoms with E-state index in [1.807, 2.05) is 0 Å². The van der Waals surface area contributed by atoms with Crippen molar-refractivity contribution in [2.75, 3.05) is 11.9 Å². The standard InChI is InChI=1S/C14H16ClF3N2O/c15-11-6-5-9(8-10(11)14(16,17)18)20-13(21)12-4-2-1-3-7-19-12/h5-6,8,12,19H,1-4,7H2,(H,20,21). The largest absolute Gasteiger partial charge is 0.417 e. The number of hydrogen-bond donors (Lipinski definition) is 2. The molecule has 0 aliphatic carbocycles. The molecule has 21 heavy (non-hydrogen) atoms. The zero-order valence-electron chi connectivity index (χ0n) is 11.3. The molecule has 116 valence electrons. The maximum Gasteiger partial charge on any atom is 0.417 e. The van der Waals surface area contributed by atoms with Crippen LogP contribution in [0.2, 0.25) is 5.02 Å². The van der Waals surface area contributed by atoms with E-state index in [1.165, 1.54) is 6.07 Å². The quantitative estimate of drug-likeness (QED) is 0.869. The van der Waals surface area contributed by atoms with E-state index in [2.05, 4.69) is 10.6 Å². The first-order valence-electron chi connectivity index (χ1n) is 6.79. The van der Waals surface area contributed by atoms with Crippen LogP contribution in [0.3, 0.4) is 0 Å². The summed E-state index contributed by atoms with van der Waals surface area (Å²) in [5.41, 5.74) is -0.849. The van der Waals surface area contributed by atoms with Crippen molar-refractivity contribution in [1.82, 2.24) is 5.32 Å². The Morgan fingerprint density at radius 3 is 2.76 bits per heavy atom. The molecular formula is C14H16ClF3N2O. The van der Waals surface area contributed by atoms with Crippen LogP contribution in [-0.4, -0.2) is 18.5 Å². The molecule has 1 amide bonds. The fraction of sp³-hybridized carbons (Fsp3) is 0.500. The molecule has 2 rings (SSSR count). The second-order valence-corrected chi connectivity index (χ2v) is 5.44. The molecule has 0 radical (unpaired) electrons. The van der Waals surface area contributed by atoms with Crippen molar-refractivity contribution >= 4 is 23.2 Å². The summed E-state index contributed by atoms with van der Waals surface area (Å²) in [4.78, 5) is 12.1. The number of amides is 1. The highest BCUT2D eigenvalue weighted by atomic mass is 35.5. The molecule has 1 fully saturated rings. The third-order valence-electron chi connectivity index (χ3n) is 3.42. The van der Waals surface area contributed by atoms with E-state index >= 15 is 0 Å². The number of carbonyl (C=O) groups is 1. The van der Waals surface area contributed by atoms with Crippen LogP contribution in [0.1, 0.15) is 31.2 Å². The maximum absolute atomic E-state index is 12.8. The summed E-state index contributed by atoms with van der Waals surface area (Å²) in [6.07, 6.45) is -0.873. The van der Waals surface area contributed by atoms with Crippen molar-refractivity contribution in [3.8, 4) is 0 Å². The molecule has 2 N–H and O–H groups in total. The van der Waals surface area contributed by atoms with Crippen molar-refractivity contribution in [3.63, 3.8) is 0 Å². The van der Waals surface area contributed by atoms with Crippen molar-refractivity contribution < 1.29 is 18.0 Å². The Hall–Kier alpha value is -1.27. The average molecular weight is 321 g/mol. The number of halogens is 4. The van der Waals surface area contributed by atoms with Crippen LogP contribution in [0.5, 0.6) is 0 Å². The lowest BCUT2D eigenvalue weighted by Crippen LogP contribution is -2.39. The highest BCUT2D eigenvalue weighted by Crippen LogP contribution is 2.36. The monoisotopic (exact) mass is 320 g/mol. The molecule has 0 saturated carbocycles. The first-order chi connectivity index (χ1) is 9.88. The lowest BCUT2D eigenvalue weighted by molar-refractivity contribution is -0.137. The van der Waals surface area contributed by atoms with E-state index in [0.717, 1.165) is 37.9 Å². The molecule has 1 aromatic rings. The van der Waals surface area contributed by atoms with E-state index in [0.29, 0.717) is 6.42 Å². The topological polar surface area (TPSA) is 41.1 Å². The summed E-state index contributed by atoms with van der Waals surface area (Å²) in [6, 6.07) is 3.00. The third kappa shape index (κ3) is 4.35. The van der Waals surface area contributed by atoms with Gasteiger partial charge in [-0.15, -0.1) is 0 Å². The van der Waals surface area contributed by atoms with Gasteiger partial charge in [0.25, 0.3) is 0 Å². The molecular weight excluding hydrogens is 305 g/mol. The molecule has 0 aromatic heterocycles. The summed E-state index contributed by atoms with van der Waals surface area (Å²) in [5.74, 6) is -0.313. The molecule has 1 atom stereocenters. The van der Waals surface area contributed by atoms with Crippen LogP contribution in [0.15, 0.2) is 18.2 Å². The van der Waals surface area contributed by atoms with Gasteiger partial charge in [0.1, 0.15) is 0 Å². The predicted molar refractivity (Wildman–Crippen MR) is 75.3 cm³/mol. The number of anilines is 1. The maximum atomic E-state index is 12.8. The molecule has 1 aliphatic heterocycles. The van der Waals surface area contributed by atoms with Gasteiger partial charge in [-0.3, -0.25) is 4.79 Å². The second kappa shape index (κ2) is 6.66. The minimum absolute atomic E-state index is 0.0998. The van der Waals surface area contributed by atoms with Gasteiger partial charge >= 0.3 is 6.18 Å². The smallest absolute Gasteiger partial charge is 0.325 e. The third-order valence-corrected chi connectivity index (χ3v) is 3.75. The summed E-state index contributed by atoms with van der Waals surface area (Å²) >= 11 is 5.54. The molecule has 1 unspecified atom stereocenters. The minimum atomic E-state index is -4.54. The number of alkyl halides is 3. The van der Waals surface area contributed by atoms with Crippen LogP contribution in [0.25, 0.3) is 0 Å².